The Morgan fingerprint density at radius 3 is 1.64 bits per heavy atom. The van der Waals surface area contributed by atoms with Crippen LogP contribution in [0.5, 0.6) is 0 Å². The Morgan fingerprint density at radius 2 is 1.23 bits per heavy atom. The number of carbonyl (C=O) groups excluding carboxylic acids is 1. The van der Waals surface area contributed by atoms with Crippen molar-refractivity contribution in [1.82, 2.24) is 0 Å². The normalized spacial score (nSPS) is 10.8. The summed E-state index contributed by atoms with van der Waals surface area (Å²) < 4.78 is 0. The van der Waals surface area contributed by atoms with Gasteiger partial charge in [0.1, 0.15) is 0 Å². The van der Waals surface area contributed by atoms with Crippen LogP contribution in [-0.4, -0.2) is 33.0 Å². The van der Waals surface area contributed by atoms with Crippen LogP contribution in [0.25, 0.3) is 0 Å². The summed E-state index contributed by atoms with van der Waals surface area (Å²) in [7, 11) is 0. The summed E-state index contributed by atoms with van der Waals surface area (Å²) in [4.78, 5) is 31.1. The Kier molecular flexibility index (Phi) is 6.46. The van der Waals surface area contributed by atoms with Crippen molar-refractivity contribution in [3.8, 4) is 0 Å². The molecule has 6 heteroatoms. The number of ketones is 1. The van der Waals surface area contributed by atoms with Crippen LogP contribution < -0.4 is 0 Å². The molecule has 0 aliphatic rings. The van der Waals surface area contributed by atoms with Gasteiger partial charge < -0.3 is 15.3 Å². The summed E-state index contributed by atoms with van der Waals surface area (Å²) in [6.45, 7) is 0. The molecule has 0 radical (unpaired) electrons. The Bertz CT molecular complexity index is 636. The van der Waals surface area contributed by atoms with Gasteiger partial charge in [-0.25, -0.2) is 9.59 Å². The molecule has 0 aromatic heterocycles. The lowest BCUT2D eigenvalue weighted by atomic mass is 10.1. The average Bonchev–Trinajstić information content (AvgIpc) is 2.55. The molecular weight excluding hydrogens is 288 g/mol. The number of hydrogen-bond donors (Lipinski definition) is 3. The molecule has 1 atom stereocenters. The van der Waals surface area contributed by atoms with Crippen molar-refractivity contribution >= 4 is 17.7 Å². The molecule has 0 saturated heterocycles. The van der Waals surface area contributed by atoms with Gasteiger partial charge in [0, 0.05) is 5.56 Å². The summed E-state index contributed by atoms with van der Waals surface area (Å²) in [5, 5.41) is 25.7. The van der Waals surface area contributed by atoms with Crippen molar-refractivity contribution in [2.24, 2.45) is 0 Å². The number of Topliss-reactive ketones (excluding diaryl/α,β-unsaturated/α-hetero) is 1. The lowest BCUT2D eigenvalue weighted by Crippen LogP contribution is -2.12. The second kappa shape index (κ2) is 8.33. The number of aliphatic carboxylic acids is 2. The van der Waals surface area contributed by atoms with Gasteiger partial charge in [-0.15, -0.1) is 0 Å². The van der Waals surface area contributed by atoms with Gasteiger partial charge in [0.2, 0.25) is 0 Å². The van der Waals surface area contributed by atoms with E-state index in [1.807, 2.05) is 0 Å². The monoisotopic (exact) mass is 302 g/mol. The van der Waals surface area contributed by atoms with E-state index in [1.54, 1.807) is 48.5 Å². The molecule has 0 saturated carbocycles. The number of benzene rings is 2. The number of rotatable bonds is 4. The van der Waals surface area contributed by atoms with E-state index in [0.29, 0.717) is 5.56 Å². The molecule has 114 valence electrons. The van der Waals surface area contributed by atoms with E-state index in [-0.39, 0.29) is 5.56 Å². The molecule has 0 aliphatic heterocycles. The highest BCUT2D eigenvalue weighted by Crippen LogP contribution is 2.10. The minimum atomic E-state index is -1.42. The molecule has 2 aromatic carbocycles. The Hall–Kier alpha value is -2.99. The average molecular weight is 302 g/mol. The summed E-state index contributed by atoms with van der Waals surface area (Å²) in [5.41, 5.74) is 0.611. The van der Waals surface area contributed by atoms with Crippen LogP contribution in [-0.2, 0) is 9.59 Å². The highest BCUT2D eigenvalue weighted by Gasteiger charge is 2.14. The standard InChI is InChI=1S/C8H8O3.C8H6O3/c2*9-7(8(10)11)6-4-2-1-3-5-6/h1-5,7,9H,(H,10,11);1-5H,(H,10,11). The van der Waals surface area contributed by atoms with Gasteiger partial charge in [-0.05, 0) is 5.56 Å². The maximum absolute atomic E-state index is 10.7. The molecule has 2 rings (SSSR count). The zero-order valence-electron chi connectivity index (χ0n) is 11.4. The molecule has 0 fully saturated rings. The zero-order valence-corrected chi connectivity index (χ0v) is 11.4. The summed E-state index contributed by atoms with van der Waals surface area (Å²) in [5.74, 6) is -3.52. The minimum absolute atomic E-state index is 0.208. The maximum atomic E-state index is 10.7. The number of carboxylic acid groups (broad SMARTS) is 2. The smallest absolute Gasteiger partial charge is 0.377 e. The van der Waals surface area contributed by atoms with Crippen molar-refractivity contribution in [3.05, 3.63) is 71.8 Å². The largest absolute Gasteiger partial charge is 0.479 e. The third-order valence-corrected chi connectivity index (χ3v) is 2.58. The van der Waals surface area contributed by atoms with Crippen molar-refractivity contribution < 1.29 is 29.7 Å². The van der Waals surface area contributed by atoms with Crippen molar-refractivity contribution in [2.45, 2.75) is 6.10 Å². The van der Waals surface area contributed by atoms with Gasteiger partial charge in [-0.2, -0.15) is 0 Å². The van der Waals surface area contributed by atoms with E-state index < -0.39 is 23.8 Å². The van der Waals surface area contributed by atoms with E-state index in [1.165, 1.54) is 12.1 Å². The fraction of sp³-hybridized carbons (Fsp3) is 0.0625. The molecular formula is C16H14O6. The highest BCUT2D eigenvalue weighted by atomic mass is 16.4. The van der Waals surface area contributed by atoms with Gasteiger partial charge in [0.15, 0.2) is 6.10 Å². The van der Waals surface area contributed by atoms with Crippen LogP contribution >= 0.6 is 0 Å². The van der Waals surface area contributed by atoms with Gasteiger partial charge >= 0.3 is 11.9 Å². The predicted octanol–water partition coefficient (Wildman–Crippen LogP) is 1.76. The van der Waals surface area contributed by atoms with Crippen LogP contribution in [0, 0.1) is 0 Å². The van der Waals surface area contributed by atoms with E-state index in [4.69, 9.17) is 15.3 Å². The number of hydrogen-bond acceptors (Lipinski definition) is 4. The first-order chi connectivity index (χ1) is 10.4. The topological polar surface area (TPSA) is 112 Å². The third kappa shape index (κ3) is 5.18. The Labute approximate surface area is 126 Å². The molecule has 0 spiro atoms. The fourth-order valence-corrected chi connectivity index (χ4v) is 1.49. The van der Waals surface area contributed by atoms with Crippen molar-refractivity contribution in [3.63, 3.8) is 0 Å². The second-order valence-corrected chi connectivity index (χ2v) is 4.15. The van der Waals surface area contributed by atoms with Crippen LogP contribution in [0.2, 0.25) is 0 Å². The number of aliphatic hydroxyl groups excluding tert-OH is 1. The van der Waals surface area contributed by atoms with Crippen LogP contribution in [0.15, 0.2) is 60.7 Å². The van der Waals surface area contributed by atoms with Crippen molar-refractivity contribution in [1.29, 1.82) is 0 Å². The van der Waals surface area contributed by atoms with Gasteiger partial charge in [0.05, 0.1) is 0 Å². The molecule has 0 bridgehead atoms. The lowest BCUT2D eigenvalue weighted by Gasteiger charge is -2.03. The first kappa shape index (κ1) is 17.1. The van der Waals surface area contributed by atoms with E-state index in [2.05, 4.69) is 0 Å². The number of carbonyl (C=O) groups is 3. The van der Waals surface area contributed by atoms with E-state index in [0.717, 1.165) is 0 Å². The SMILES string of the molecule is O=C(O)C(=O)c1ccccc1.O=C(O)C(O)c1ccccc1. The summed E-state index contributed by atoms with van der Waals surface area (Å²) in [6.07, 6.45) is -1.41. The summed E-state index contributed by atoms with van der Waals surface area (Å²) >= 11 is 0. The van der Waals surface area contributed by atoms with Gasteiger partial charge in [-0.1, -0.05) is 60.7 Å². The van der Waals surface area contributed by atoms with E-state index >= 15 is 0 Å². The van der Waals surface area contributed by atoms with Gasteiger partial charge in [-0.3, -0.25) is 4.79 Å². The first-order valence-electron chi connectivity index (χ1n) is 6.22. The quantitative estimate of drug-likeness (QED) is 0.586. The molecule has 22 heavy (non-hydrogen) atoms. The minimum Gasteiger partial charge on any atom is -0.479 e. The molecule has 1 unspecified atom stereocenters. The molecule has 6 nitrogen and oxygen atoms in total. The van der Waals surface area contributed by atoms with Crippen LogP contribution in [0.4, 0.5) is 0 Å². The van der Waals surface area contributed by atoms with E-state index in [9.17, 15) is 14.4 Å². The third-order valence-electron chi connectivity index (χ3n) is 2.58. The maximum Gasteiger partial charge on any atom is 0.377 e. The molecule has 0 aliphatic carbocycles. The van der Waals surface area contributed by atoms with Crippen molar-refractivity contribution in [2.75, 3.05) is 0 Å². The molecule has 0 heterocycles. The lowest BCUT2D eigenvalue weighted by molar-refractivity contribution is -0.147. The molecule has 3 N–H and O–H groups in total. The van der Waals surface area contributed by atoms with Gasteiger partial charge in [0.25, 0.3) is 5.78 Å². The molecule has 2 aromatic rings. The summed E-state index contributed by atoms with van der Waals surface area (Å²) in [6, 6.07) is 16.2. The number of aliphatic hydroxyl groups is 1. The highest BCUT2D eigenvalue weighted by molar-refractivity contribution is 6.39. The first-order valence-corrected chi connectivity index (χ1v) is 6.22. The second-order valence-electron chi connectivity index (χ2n) is 4.15. The predicted molar refractivity (Wildman–Crippen MR) is 77.4 cm³/mol. The molecule has 0 amide bonds. The number of carboxylic acids is 2. The Morgan fingerprint density at radius 1 is 0.773 bits per heavy atom. The van der Waals surface area contributed by atoms with Crippen LogP contribution in [0.1, 0.15) is 22.0 Å². The fourth-order valence-electron chi connectivity index (χ4n) is 1.49. The van der Waals surface area contributed by atoms with Crippen LogP contribution in [0.3, 0.4) is 0 Å². The zero-order chi connectivity index (χ0) is 16.5. The Balaban J connectivity index is 0.000000220.